The molecule has 0 aromatic heterocycles. The van der Waals surface area contributed by atoms with Crippen LogP contribution in [0.5, 0.6) is 0 Å². The largest absolute Gasteiger partial charge is 0.382 e. The lowest BCUT2D eigenvalue weighted by atomic mass is 9.79. The Balaban J connectivity index is 2.01. The van der Waals surface area contributed by atoms with Crippen LogP contribution in [0, 0.1) is 18.8 Å². The lowest BCUT2D eigenvalue weighted by Crippen LogP contribution is -2.28. The number of anilines is 1. The summed E-state index contributed by atoms with van der Waals surface area (Å²) in [5.41, 5.74) is 3.03. The molecule has 0 spiro atoms. The van der Waals surface area contributed by atoms with Crippen molar-refractivity contribution in [3.63, 3.8) is 0 Å². The maximum absolute atomic E-state index is 11.7. The second-order valence-corrected chi connectivity index (χ2v) is 6.61. The zero-order valence-corrected chi connectivity index (χ0v) is 13.7. The van der Waals surface area contributed by atoms with E-state index < -0.39 is 0 Å². The Labute approximate surface area is 128 Å². The number of amides is 1. The smallest absolute Gasteiger partial charge is 0.251 e. The first-order chi connectivity index (χ1) is 10.0. The van der Waals surface area contributed by atoms with Gasteiger partial charge in [0.15, 0.2) is 0 Å². The number of rotatable bonds is 4. The van der Waals surface area contributed by atoms with Crippen LogP contribution >= 0.6 is 0 Å². The van der Waals surface area contributed by atoms with Crippen LogP contribution in [-0.4, -0.2) is 19.0 Å². The van der Waals surface area contributed by atoms with E-state index in [2.05, 4.69) is 31.4 Å². The molecule has 0 heterocycles. The van der Waals surface area contributed by atoms with Crippen LogP contribution in [0.3, 0.4) is 0 Å². The fourth-order valence-corrected chi connectivity index (χ4v) is 3.21. The molecule has 0 aliphatic heterocycles. The molecule has 0 unspecified atom stereocenters. The molecule has 1 aromatic carbocycles. The van der Waals surface area contributed by atoms with Crippen molar-refractivity contribution in [3.8, 4) is 0 Å². The number of aryl methyl sites for hydroxylation is 1. The predicted molar refractivity (Wildman–Crippen MR) is 88.8 cm³/mol. The zero-order chi connectivity index (χ0) is 15.4. The van der Waals surface area contributed by atoms with Gasteiger partial charge in [-0.15, -0.1) is 0 Å². The highest BCUT2D eigenvalue weighted by Crippen LogP contribution is 2.32. The summed E-state index contributed by atoms with van der Waals surface area (Å²) in [7, 11) is 1.67. The number of nitrogens with one attached hydrogen (secondary N) is 2. The number of carbonyl (C=O) groups excluding carboxylic acids is 1. The first-order valence-corrected chi connectivity index (χ1v) is 8.10. The van der Waals surface area contributed by atoms with Gasteiger partial charge in [0, 0.05) is 24.3 Å². The van der Waals surface area contributed by atoms with Crippen LogP contribution in [0.4, 0.5) is 5.69 Å². The molecule has 21 heavy (non-hydrogen) atoms. The van der Waals surface area contributed by atoms with Crippen LogP contribution in [0.1, 0.15) is 55.5 Å². The summed E-state index contributed by atoms with van der Waals surface area (Å²) in [5, 5.41) is 6.33. The van der Waals surface area contributed by atoms with E-state index in [0.29, 0.717) is 6.04 Å². The second-order valence-electron chi connectivity index (χ2n) is 6.61. The molecule has 1 saturated carbocycles. The maximum atomic E-state index is 11.7. The first kappa shape index (κ1) is 15.9. The molecule has 1 aliphatic carbocycles. The van der Waals surface area contributed by atoms with Crippen molar-refractivity contribution in [2.75, 3.05) is 12.4 Å². The third kappa shape index (κ3) is 3.99. The minimum Gasteiger partial charge on any atom is -0.382 e. The third-order valence-electron chi connectivity index (χ3n) is 4.80. The van der Waals surface area contributed by atoms with E-state index in [0.717, 1.165) is 23.1 Å². The minimum absolute atomic E-state index is 0.0263. The average Bonchev–Trinajstić information content (AvgIpc) is 2.49. The van der Waals surface area contributed by atoms with Gasteiger partial charge >= 0.3 is 0 Å². The van der Waals surface area contributed by atoms with Crippen molar-refractivity contribution < 1.29 is 4.79 Å². The molecular weight excluding hydrogens is 260 g/mol. The standard InChI is InChI=1S/C18H28N2O/c1-12(2)14-7-9-16(10-8-14)20-17-11-15(18(21)19-4)6-5-13(17)3/h5-6,11-12,14,16,20H,7-10H2,1-4H3,(H,19,21). The Hall–Kier alpha value is -1.51. The fourth-order valence-electron chi connectivity index (χ4n) is 3.21. The van der Waals surface area contributed by atoms with Gasteiger partial charge in [-0.05, 0) is 62.1 Å². The lowest BCUT2D eigenvalue weighted by Gasteiger charge is -2.32. The van der Waals surface area contributed by atoms with Gasteiger partial charge in [0.25, 0.3) is 5.91 Å². The van der Waals surface area contributed by atoms with Crippen molar-refractivity contribution in [3.05, 3.63) is 29.3 Å². The summed E-state index contributed by atoms with van der Waals surface area (Å²) in [6.07, 6.45) is 5.08. The summed E-state index contributed by atoms with van der Waals surface area (Å²) in [6.45, 7) is 6.75. The molecule has 0 bridgehead atoms. The quantitative estimate of drug-likeness (QED) is 0.880. The SMILES string of the molecule is CNC(=O)c1ccc(C)c(NC2CCC(C(C)C)CC2)c1. The lowest BCUT2D eigenvalue weighted by molar-refractivity contribution is 0.0963. The number of hydrogen-bond acceptors (Lipinski definition) is 2. The number of carbonyl (C=O) groups is 1. The fraction of sp³-hybridized carbons (Fsp3) is 0.611. The van der Waals surface area contributed by atoms with Gasteiger partial charge in [-0.1, -0.05) is 19.9 Å². The summed E-state index contributed by atoms with van der Waals surface area (Å²) >= 11 is 0. The van der Waals surface area contributed by atoms with Gasteiger partial charge in [0.1, 0.15) is 0 Å². The van der Waals surface area contributed by atoms with Gasteiger partial charge in [-0.3, -0.25) is 4.79 Å². The van der Waals surface area contributed by atoms with E-state index >= 15 is 0 Å². The predicted octanol–water partition coefficient (Wildman–Crippen LogP) is 3.98. The minimum atomic E-state index is -0.0263. The summed E-state index contributed by atoms with van der Waals surface area (Å²) in [5.74, 6) is 1.65. The topological polar surface area (TPSA) is 41.1 Å². The highest BCUT2D eigenvalue weighted by atomic mass is 16.1. The van der Waals surface area contributed by atoms with Crippen LogP contribution < -0.4 is 10.6 Å². The molecule has 2 N–H and O–H groups in total. The van der Waals surface area contributed by atoms with Gasteiger partial charge in [0.2, 0.25) is 0 Å². The second kappa shape index (κ2) is 6.97. The molecule has 0 radical (unpaired) electrons. The van der Waals surface area contributed by atoms with Gasteiger partial charge in [0.05, 0.1) is 0 Å². The Kier molecular flexibility index (Phi) is 5.27. The molecule has 1 fully saturated rings. The molecule has 3 nitrogen and oxygen atoms in total. The number of hydrogen-bond donors (Lipinski definition) is 2. The molecule has 1 aliphatic rings. The molecule has 2 rings (SSSR count). The maximum Gasteiger partial charge on any atom is 0.251 e. The first-order valence-electron chi connectivity index (χ1n) is 8.10. The highest BCUT2D eigenvalue weighted by Gasteiger charge is 2.23. The van der Waals surface area contributed by atoms with E-state index in [4.69, 9.17) is 0 Å². The molecular formula is C18H28N2O. The molecule has 1 amide bonds. The van der Waals surface area contributed by atoms with Crippen molar-refractivity contribution in [2.45, 2.75) is 52.5 Å². The van der Waals surface area contributed by atoms with Crippen LogP contribution in [0.25, 0.3) is 0 Å². The van der Waals surface area contributed by atoms with Crippen LogP contribution in [0.15, 0.2) is 18.2 Å². The molecule has 0 saturated heterocycles. The number of benzene rings is 1. The van der Waals surface area contributed by atoms with Gasteiger partial charge < -0.3 is 10.6 Å². The summed E-state index contributed by atoms with van der Waals surface area (Å²) in [6, 6.07) is 6.42. The third-order valence-corrected chi connectivity index (χ3v) is 4.80. The highest BCUT2D eigenvalue weighted by molar-refractivity contribution is 5.95. The molecule has 3 heteroatoms. The van der Waals surface area contributed by atoms with Crippen LogP contribution in [0.2, 0.25) is 0 Å². The van der Waals surface area contributed by atoms with Gasteiger partial charge in [-0.2, -0.15) is 0 Å². The Morgan fingerprint density at radius 1 is 1.19 bits per heavy atom. The Bertz CT molecular complexity index is 488. The van der Waals surface area contributed by atoms with Crippen molar-refractivity contribution in [1.29, 1.82) is 0 Å². The zero-order valence-electron chi connectivity index (χ0n) is 13.7. The summed E-state index contributed by atoms with van der Waals surface area (Å²) < 4.78 is 0. The van der Waals surface area contributed by atoms with E-state index in [1.807, 2.05) is 18.2 Å². The monoisotopic (exact) mass is 288 g/mol. The van der Waals surface area contributed by atoms with E-state index in [-0.39, 0.29) is 5.91 Å². The molecule has 1 aromatic rings. The van der Waals surface area contributed by atoms with Gasteiger partial charge in [-0.25, -0.2) is 0 Å². The van der Waals surface area contributed by atoms with E-state index in [1.54, 1.807) is 7.05 Å². The normalized spacial score (nSPS) is 22.1. The van der Waals surface area contributed by atoms with E-state index in [1.165, 1.54) is 31.2 Å². The average molecular weight is 288 g/mol. The molecule has 116 valence electrons. The van der Waals surface area contributed by atoms with E-state index in [9.17, 15) is 4.79 Å². The van der Waals surface area contributed by atoms with Crippen molar-refractivity contribution in [1.82, 2.24) is 5.32 Å². The summed E-state index contributed by atoms with van der Waals surface area (Å²) in [4.78, 5) is 11.7. The van der Waals surface area contributed by atoms with Crippen LogP contribution in [-0.2, 0) is 0 Å². The Morgan fingerprint density at radius 2 is 1.86 bits per heavy atom. The Morgan fingerprint density at radius 3 is 2.43 bits per heavy atom. The molecule has 0 atom stereocenters. The van der Waals surface area contributed by atoms with Crippen molar-refractivity contribution in [2.24, 2.45) is 11.8 Å². The van der Waals surface area contributed by atoms with Crippen molar-refractivity contribution >= 4 is 11.6 Å².